The van der Waals surface area contributed by atoms with E-state index in [-0.39, 0.29) is 22.1 Å². The Morgan fingerprint density at radius 3 is 2.64 bits per heavy atom. The maximum absolute atomic E-state index is 11.7. The lowest BCUT2D eigenvalue weighted by molar-refractivity contribution is -0.131. The first-order chi connectivity index (χ1) is 15.6. The highest BCUT2D eigenvalue weighted by molar-refractivity contribution is 7.92. The van der Waals surface area contributed by atoms with E-state index in [1.54, 1.807) is 6.07 Å². The Morgan fingerprint density at radius 1 is 1.21 bits per heavy atom. The zero-order valence-electron chi connectivity index (χ0n) is 18.8. The average Bonchev–Trinajstić information content (AvgIpc) is 3.48. The number of sulfone groups is 1. The first kappa shape index (κ1) is 22.7. The summed E-state index contributed by atoms with van der Waals surface area (Å²) < 4.78 is 28.7. The smallest absolute Gasteiger partial charge is 0.315 e. The molecule has 9 nitrogen and oxygen atoms in total. The van der Waals surface area contributed by atoms with E-state index in [1.165, 1.54) is 0 Å². The SMILES string of the molecule is Cc1c([C@@H](O)CN2CCC3(CC2)CCN(c2nnc(S(C)(=O)=O)s2)C3)ccc2c1CC(=O)O2. The summed E-state index contributed by atoms with van der Waals surface area (Å²) in [6, 6.07) is 3.65. The lowest BCUT2D eigenvalue weighted by Crippen LogP contribution is -2.43. The number of ether oxygens (including phenoxy) is 1. The zero-order valence-corrected chi connectivity index (χ0v) is 20.4. The average molecular weight is 493 g/mol. The summed E-state index contributed by atoms with van der Waals surface area (Å²) in [5.41, 5.74) is 2.88. The molecule has 0 unspecified atom stereocenters. The first-order valence-electron chi connectivity index (χ1n) is 11.2. The molecule has 1 N–H and O–H groups in total. The second-order valence-electron chi connectivity index (χ2n) is 9.52. The van der Waals surface area contributed by atoms with Crippen LogP contribution in [0.25, 0.3) is 0 Å². The van der Waals surface area contributed by atoms with E-state index in [2.05, 4.69) is 20.0 Å². The van der Waals surface area contributed by atoms with Gasteiger partial charge < -0.3 is 19.6 Å². The Bertz CT molecular complexity index is 1190. The number of piperidine rings is 1. The number of esters is 1. The number of fused-ring (bicyclic) bond motifs is 1. The summed E-state index contributed by atoms with van der Waals surface area (Å²) in [5, 5.41) is 19.6. The maximum Gasteiger partial charge on any atom is 0.315 e. The van der Waals surface area contributed by atoms with Crippen molar-refractivity contribution in [2.24, 2.45) is 5.41 Å². The molecule has 1 atom stereocenters. The van der Waals surface area contributed by atoms with Crippen molar-refractivity contribution in [3.05, 3.63) is 28.8 Å². The number of rotatable bonds is 5. The second kappa shape index (κ2) is 8.30. The van der Waals surface area contributed by atoms with Crippen LogP contribution in [0.2, 0.25) is 0 Å². The van der Waals surface area contributed by atoms with Gasteiger partial charge in [0, 0.05) is 31.5 Å². The summed E-state index contributed by atoms with van der Waals surface area (Å²) in [6.07, 6.45) is 3.92. The number of β-amino-alcohol motifs (C(OH)–C–C–N with tert-alkyl or cyclic N) is 1. The molecule has 178 valence electrons. The molecule has 3 aliphatic heterocycles. The van der Waals surface area contributed by atoms with E-state index in [0.717, 1.165) is 79.7 Å². The Labute approximate surface area is 197 Å². The maximum atomic E-state index is 11.7. The lowest BCUT2D eigenvalue weighted by atomic mass is 9.77. The molecule has 3 aliphatic rings. The first-order valence-corrected chi connectivity index (χ1v) is 13.9. The molecular formula is C22H28N4O5S2. The number of likely N-dealkylation sites (tertiary alicyclic amines) is 1. The van der Waals surface area contributed by atoms with Gasteiger partial charge in [0.05, 0.1) is 12.5 Å². The summed E-state index contributed by atoms with van der Waals surface area (Å²) in [6.45, 7) is 6.03. The molecule has 11 heteroatoms. The highest BCUT2D eigenvalue weighted by Gasteiger charge is 2.42. The molecule has 0 radical (unpaired) electrons. The number of hydrogen-bond donors (Lipinski definition) is 1. The van der Waals surface area contributed by atoms with Gasteiger partial charge in [-0.25, -0.2) is 8.42 Å². The molecule has 1 aromatic carbocycles. The minimum atomic E-state index is -3.33. The van der Waals surface area contributed by atoms with Crippen LogP contribution in [0.3, 0.4) is 0 Å². The fraction of sp³-hybridized carbons (Fsp3) is 0.591. The van der Waals surface area contributed by atoms with Crippen LogP contribution < -0.4 is 9.64 Å². The van der Waals surface area contributed by atoms with Crippen molar-refractivity contribution < 1.29 is 23.1 Å². The van der Waals surface area contributed by atoms with Gasteiger partial charge in [0.2, 0.25) is 19.3 Å². The van der Waals surface area contributed by atoms with E-state index in [1.807, 2.05) is 13.0 Å². The Kier molecular flexibility index (Phi) is 5.71. The quantitative estimate of drug-likeness (QED) is 0.492. The summed E-state index contributed by atoms with van der Waals surface area (Å²) in [5.74, 6) is 0.367. The highest BCUT2D eigenvalue weighted by Crippen LogP contribution is 2.43. The monoisotopic (exact) mass is 492 g/mol. The molecule has 1 spiro atoms. The van der Waals surface area contributed by atoms with Crippen molar-refractivity contribution in [1.29, 1.82) is 0 Å². The van der Waals surface area contributed by atoms with E-state index in [9.17, 15) is 18.3 Å². The van der Waals surface area contributed by atoms with Gasteiger partial charge in [-0.05, 0) is 61.9 Å². The van der Waals surface area contributed by atoms with Gasteiger partial charge in [0.15, 0.2) is 0 Å². The number of benzene rings is 1. The Hall–Kier alpha value is -2.08. The topological polar surface area (TPSA) is 113 Å². The van der Waals surface area contributed by atoms with Crippen molar-refractivity contribution in [2.45, 2.75) is 43.1 Å². The lowest BCUT2D eigenvalue weighted by Gasteiger charge is -2.40. The molecule has 2 saturated heterocycles. The second-order valence-corrected chi connectivity index (χ2v) is 12.7. The molecular weight excluding hydrogens is 464 g/mol. The third kappa shape index (κ3) is 4.39. The number of nitrogens with zero attached hydrogens (tertiary/aromatic N) is 4. The van der Waals surface area contributed by atoms with Gasteiger partial charge in [-0.15, -0.1) is 10.2 Å². The van der Waals surface area contributed by atoms with Crippen LogP contribution >= 0.6 is 11.3 Å². The third-order valence-electron chi connectivity index (χ3n) is 7.27. The Balaban J connectivity index is 1.19. The number of aromatic nitrogens is 2. The molecule has 2 fully saturated rings. The van der Waals surface area contributed by atoms with Crippen LogP contribution in [-0.4, -0.2) is 73.6 Å². The summed E-state index contributed by atoms with van der Waals surface area (Å²) >= 11 is 1.14. The number of anilines is 1. The van der Waals surface area contributed by atoms with Crippen LogP contribution in [0, 0.1) is 12.3 Å². The molecule has 5 rings (SSSR count). The number of carbonyl (C=O) groups excluding carboxylic acids is 1. The molecule has 1 aromatic heterocycles. The van der Waals surface area contributed by atoms with Crippen molar-refractivity contribution in [3.8, 4) is 5.75 Å². The fourth-order valence-corrected chi connectivity index (χ4v) is 6.89. The van der Waals surface area contributed by atoms with E-state index in [0.29, 0.717) is 17.4 Å². The highest BCUT2D eigenvalue weighted by atomic mass is 32.2. The van der Waals surface area contributed by atoms with E-state index >= 15 is 0 Å². The predicted octanol–water partition coefficient (Wildman–Crippen LogP) is 1.74. The van der Waals surface area contributed by atoms with Gasteiger partial charge in [-0.3, -0.25) is 4.79 Å². The van der Waals surface area contributed by atoms with Crippen molar-refractivity contribution in [1.82, 2.24) is 15.1 Å². The number of hydrogen-bond acceptors (Lipinski definition) is 10. The van der Waals surface area contributed by atoms with Crippen molar-refractivity contribution in [3.63, 3.8) is 0 Å². The normalized spacial score (nSPS) is 21.4. The van der Waals surface area contributed by atoms with Crippen molar-refractivity contribution in [2.75, 3.05) is 43.9 Å². The van der Waals surface area contributed by atoms with Gasteiger partial charge in [0.25, 0.3) is 0 Å². The number of carbonyl (C=O) groups is 1. The number of aliphatic hydroxyl groups is 1. The summed E-state index contributed by atoms with van der Waals surface area (Å²) in [4.78, 5) is 16.1. The van der Waals surface area contributed by atoms with Crippen LogP contribution in [0.5, 0.6) is 5.75 Å². The van der Waals surface area contributed by atoms with Gasteiger partial charge in [-0.1, -0.05) is 17.4 Å². The predicted molar refractivity (Wildman–Crippen MR) is 123 cm³/mol. The van der Waals surface area contributed by atoms with E-state index in [4.69, 9.17) is 4.74 Å². The van der Waals surface area contributed by atoms with Gasteiger partial charge in [-0.2, -0.15) is 0 Å². The molecule has 0 bridgehead atoms. The molecule has 0 saturated carbocycles. The van der Waals surface area contributed by atoms with Crippen LogP contribution in [0.4, 0.5) is 5.13 Å². The van der Waals surface area contributed by atoms with Gasteiger partial charge in [0.1, 0.15) is 5.75 Å². The standard InChI is InChI=1S/C22H28N4O5S2/c1-14-15(3-4-18-16(14)11-19(28)31-18)17(27)12-25-8-5-22(6-9-25)7-10-26(13-22)20-23-24-21(32-20)33(2,29)30/h3-4,17,27H,5-13H2,1-2H3/t17-/m0/s1. The molecule has 0 amide bonds. The fourth-order valence-electron chi connectivity index (χ4n) is 5.27. The minimum Gasteiger partial charge on any atom is -0.426 e. The van der Waals surface area contributed by atoms with E-state index < -0.39 is 15.9 Å². The van der Waals surface area contributed by atoms with Crippen LogP contribution in [0.15, 0.2) is 16.5 Å². The molecule has 2 aromatic rings. The molecule has 4 heterocycles. The van der Waals surface area contributed by atoms with Crippen LogP contribution in [0.1, 0.15) is 42.1 Å². The third-order valence-corrected chi connectivity index (χ3v) is 9.92. The van der Waals surface area contributed by atoms with Gasteiger partial charge >= 0.3 is 5.97 Å². The Morgan fingerprint density at radius 2 is 1.94 bits per heavy atom. The molecule has 0 aliphatic carbocycles. The largest absolute Gasteiger partial charge is 0.426 e. The van der Waals surface area contributed by atoms with Crippen molar-refractivity contribution >= 4 is 32.3 Å². The zero-order chi connectivity index (χ0) is 23.4. The molecule has 33 heavy (non-hydrogen) atoms. The minimum absolute atomic E-state index is 0.0695. The summed E-state index contributed by atoms with van der Waals surface area (Å²) in [7, 11) is -3.33. The van der Waals surface area contributed by atoms with Crippen LogP contribution in [-0.2, 0) is 21.1 Å². The number of aliphatic hydroxyl groups excluding tert-OH is 1.